The van der Waals surface area contributed by atoms with Gasteiger partial charge in [-0.2, -0.15) is 0 Å². The number of ketones is 1. The molecule has 1 N–H and O–H groups in total. The van der Waals surface area contributed by atoms with Crippen LogP contribution in [0.3, 0.4) is 0 Å². The molecule has 1 amide bonds. The maximum atomic E-state index is 11.6. The maximum absolute atomic E-state index is 11.6. The number of carbonyl (C=O) groups excluding carboxylic acids is 2. The second-order valence-electron chi connectivity index (χ2n) is 3.31. The largest absolute Gasteiger partial charge is 0.327 e. The summed E-state index contributed by atoms with van der Waals surface area (Å²) < 4.78 is 0. The van der Waals surface area contributed by atoms with E-state index in [1.54, 1.807) is 12.1 Å². The van der Waals surface area contributed by atoms with Gasteiger partial charge in [-0.25, -0.2) is 4.85 Å². The van der Waals surface area contributed by atoms with E-state index < -0.39 is 0 Å². The minimum atomic E-state index is -0.177. The van der Waals surface area contributed by atoms with E-state index in [1.807, 2.05) is 0 Å². The first-order valence-corrected chi connectivity index (χ1v) is 4.55. The molecule has 2 rings (SSSR count). The topological polar surface area (TPSA) is 50.5 Å². The SMILES string of the molecule is [C-]#[N+]c1ccc2c(c1)NC(=O)CCC2=O. The molecule has 0 bridgehead atoms. The summed E-state index contributed by atoms with van der Waals surface area (Å²) in [6.45, 7) is 6.84. The van der Waals surface area contributed by atoms with Gasteiger partial charge in [-0.05, 0) is 6.07 Å². The number of Topliss-reactive ketones (excluding diaryl/α,β-unsaturated/α-hetero) is 1. The number of hydrogen-bond donors (Lipinski definition) is 1. The van der Waals surface area contributed by atoms with Crippen molar-refractivity contribution in [2.75, 3.05) is 5.32 Å². The highest BCUT2D eigenvalue weighted by Crippen LogP contribution is 2.26. The van der Waals surface area contributed by atoms with Crippen LogP contribution in [0.1, 0.15) is 23.2 Å². The monoisotopic (exact) mass is 200 g/mol. The average Bonchev–Trinajstić information content (AvgIpc) is 2.38. The number of benzene rings is 1. The van der Waals surface area contributed by atoms with E-state index in [0.717, 1.165) is 0 Å². The van der Waals surface area contributed by atoms with Crippen LogP contribution >= 0.6 is 0 Å². The lowest BCUT2D eigenvalue weighted by atomic mass is 10.1. The number of rotatable bonds is 0. The fraction of sp³-hybridized carbons (Fsp3) is 0.182. The van der Waals surface area contributed by atoms with Crippen molar-refractivity contribution >= 4 is 23.1 Å². The molecule has 0 radical (unpaired) electrons. The van der Waals surface area contributed by atoms with Gasteiger partial charge >= 0.3 is 0 Å². The Morgan fingerprint density at radius 3 is 2.80 bits per heavy atom. The minimum Gasteiger partial charge on any atom is -0.327 e. The summed E-state index contributed by atoms with van der Waals surface area (Å²) >= 11 is 0. The number of nitrogens with one attached hydrogen (secondary N) is 1. The van der Waals surface area contributed by atoms with E-state index in [-0.39, 0.29) is 24.5 Å². The van der Waals surface area contributed by atoms with Gasteiger partial charge in [-0.1, -0.05) is 12.1 Å². The van der Waals surface area contributed by atoms with Gasteiger partial charge in [0.15, 0.2) is 11.5 Å². The van der Waals surface area contributed by atoms with Gasteiger partial charge in [0.05, 0.1) is 6.57 Å². The summed E-state index contributed by atoms with van der Waals surface area (Å²) in [5.74, 6) is -0.232. The molecule has 4 heteroatoms. The Morgan fingerprint density at radius 2 is 2.07 bits per heavy atom. The maximum Gasteiger partial charge on any atom is 0.224 e. The number of fused-ring (bicyclic) bond motifs is 1. The van der Waals surface area contributed by atoms with Crippen LogP contribution in [0.4, 0.5) is 11.4 Å². The molecule has 0 unspecified atom stereocenters. The van der Waals surface area contributed by atoms with E-state index in [0.29, 0.717) is 16.9 Å². The summed E-state index contributed by atoms with van der Waals surface area (Å²) in [6.07, 6.45) is 0.442. The standard InChI is InChI=1S/C11H8N2O2/c1-12-7-2-3-8-9(6-7)13-11(15)5-4-10(8)14/h2-3,6H,4-5H2,(H,13,15). The molecule has 1 aromatic carbocycles. The highest BCUT2D eigenvalue weighted by atomic mass is 16.2. The summed E-state index contributed by atoms with van der Waals surface area (Å²) in [5.41, 5.74) is 1.37. The van der Waals surface area contributed by atoms with Crippen molar-refractivity contribution < 1.29 is 9.59 Å². The molecule has 1 aliphatic rings. The lowest BCUT2D eigenvalue weighted by Gasteiger charge is -2.05. The predicted octanol–water partition coefficient (Wildman–Crippen LogP) is 2.15. The molecular weight excluding hydrogens is 192 g/mol. The summed E-state index contributed by atoms with van der Waals surface area (Å²) in [5, 5.41) is 2.62. The van der Waals surface area contributed by atoms with Crippen LogP contribution in [0.25, 0.3) is 4.85 Å². The highest BCUT2D eigenvalue weighted by molar-refractivity contribution is 6.09. The number of amides is 1. The average molecular weight is 200 g/mol. The van der Waals surface area contributed by atoms with E-state index in [4.69, 9.17) is 6.57 Å². The van der Waals surface area contributed by atoms with Crippen molar-refractivity contribution in [1.82, 2.24) is 0 Å². The first kappa shape index (κ1) is 9.41. The van der Waals surface area contributed by atoms with Crippen molar-refractivity contribution in [3.8, 4) is 0 Å². The molecule has 1 aliphatic heterocycles. The number of nitrogens with zero attached hydrogens (tertiary/aromatic N) is 1. The van der Waals surface area contributed by atoms with E-state index >= 15 is 0 Å². The normalized spacial score (nSPS) is 14.9. The van der Waals surface area contributed by atoms with E-state index in [2.05, 4.69) is 10.2 Å². The van der Waals surface area contributed by atoms with Crippen molar-refractivity contribution in [2.24, 2.45) is 0 Å². The second-order valence-corrected chi connectivity index (χ2v) is 3.31. The molecule has 0 saturated heterocycles. The Bertz CT molecular complexity index is 486. The third-order valence-corrected chi connectivity index (χ3v) is 2.29. The molecule has 15 heavy (non-hydrogen) atoms. The van der Waals surface area contributed by atoms with Crippen LogP contribution in [-0.4, -0.2) is 11.7 Å². The lowest BCUT2D eigenvalue weighted by molar-refractivity contribution is -0.116. The molecule has 0 fully saturated rings. The molecule has 0 atom stereocenters. The molecule has 4 nitrogen and oxygen atoms in total. The lowest BCUT2D eigenvalue weighted by Crippen LogP contribution is -2.08. The van der Waals surface area contributed by atoms with Crippen molar-refractivity contribution in [3.05, 3.63) is 35.2 Å². The quantitative estimate of drug-likeness (QED) is 0.652. The van der Waals surface area contributed by atoms with Crippen LogP contribution in [0.5, 0.6) is 0 Å². The number of carbonyl (C=O) groups is 2. The van der Waals surface area contributed by atoms with Crippen molar-refractivity contribution in [1.29, 1.82) is 0 Å². The zero-order chi connectivity index (χ0) is 10.8. The Morgan fingerprint density at radius 1 is 1.27 bits per heavy atom. The zero-order valence-electron chi connectivity index (χ0n) is 7.91. The van der Waals surface area contributed by atoms with Gasteiger partial charge in [-0.3, -0.25) is 9.59 Å². The summed E-state index contributed by atoms with van der Waals surface area (Å²) in [7, 11) is 0. The minimum absolute atomic E-state index is 0.0557. The molecule has 1 heterocycles. The van der Waals surface area contributed by atoms with Gasteiger partial charge in [0.25, 0.3) is 0 Å². The van der Waals surface area contributed by atoms with Crippen LogP contribution in [0.2, 0.25) is 0 Å². The van der Waals surface area contributed by atoms with Crippen molar-refractivity contribution in [3.63, 3.8) is 0 Å². The van der Waals surface area contributed by atoms with Crippen molar-refractivity contribution in [2.45, 2.75) is 12.8 Å². The Balaban J connectivity index is 2.53. The van der Waals surface area contributed by atoms with Gasteiger partial charge in [-0.15, -0.1) is 0 Å². The number of anilines is 1. The highest BCUT2D eigenvalue weighted by Gasteiger charge is 2.19. The summed E-state index contributed by atoms with van der Waals surface area (Å²) in [6, 6.07) is 4.71. The van der Waals surface area contributed by atoms with Gasteiger partial charge in [0, 0.05) is 24.1 Å². The molecule has 0 saturated carbocycles. The second kappa shape index (κ2) is 3.54. The first-order chi connectivity index (χ1) is 7.20. The third kappa shape index (κ3) is 1.72. The van der Waals surface area contributed by atoms with Crippen LogP contribution in [-0.2, 0) is 4.79 Å². The smallest absolute Gasteiger partial charge is 0.224 e. The predicted molar refractivity (Wildman–Crippen MR) is 54.9 cm³/mol. The Hall–Kier alpha value is -2.15. The molecular formula is C11H8N2O2. The zero-order valence-corrected chi connectivity index (χ0v) is 7.91. The van der Waals surface area contributed by atoms with Gasteiger partial charge in [0.2, 0.25) is 5.91 Å². The fourth-order valence-electron chi connectivity index (χ4n) is 1.52. The van der Waals surface area contributed by atoms with Crippen LogP contribution < -0.4 is 5.32 Å². The molecule has 0 aromatic heterocycles. The first-order valence-electron chi connectivity index (χ1n) is 4.55. The Labute approximate surface area is 86.7 Å². The van der Waals surface area contributed by atoms with Gasteiger partial charge < -0.3 is 5.32 Å². The molecule has 1 aromatic rings. The molecule has 0 aliphatic carbocycles. The summed E-state index contributed by atoms with van der Waals surface area (Å²) in [4.78, 5) is 26.1. The molecule has 74 valence electrons. The molecule has 0 spiro atoms. The van der Waals surface area contributed by atoms with E-state index in [9.17, 15) is 9.59 Å². The fourth-order valence-corrected chi connectivity index (χ4v) is 1.52. The number of hydrogen-bond acceptors (Lipinski definition) is 2. The van der Waals surface area contributed by atoms with Gasteiger partial charge in [0.1, 0.15) is 0 Å². The van der Waals surface area contributed by atoms with E-state index in [1.165, 1.54) is 6.07 Å². The van der Waals surface area contributed by atoms with Crippen LogP contribution in [0, 0.1) is 6.57 Å². The van der Waals surface area contributed by atoms with Crippen LogP contribution in [0.15, 0.2) is 18.2 Å². The Kier molecular flexibility index (Phi) is 2.22. The third-order valence-electron chi connectivity index (χ3n) is 2.29.